The van der Waals surface area contributed by atoms with Crippen LogP contribution in [0.2, 0.25) is 0 Å². The predicted octanol–water partition coefficient (Wildman–Crippen LogP) is 0.141. The predicted molar refractivity (Wildman–Crippen MR) is 68.1 cm³/mol. The number of aromatic nitrogens is 2. The van der Waals surface area contributed by atoms with Gasteiger partial charge >= 0.3 is 0 Å². The summed E-state index contributed by atoms with van der Waals surface area (Å²) in [6.45, 7) is 0. The van der Waals surface area contributed by atoms with Crippen molar-refractivity contribution < 1.29 is 22.8 Å². The number of H-pyrrole nitrogens is 1. The number of methoxy groups -OCH3 is 1. The first kappa shape index (κ1) is 14.9. The Bertz CT molecular complexity index is 729. The Balaban J connectivity index is 0.000000312. The molecule has 9 heteroatoms. The highest BCUT2D eigenvalue weighted by atomic mass is 32.2. The highest BCUT2D eigenvalue weighted by Gasteiger charge is 2.06. The fraction of sp³-hybridized carbons (Fsp3) is 0.200. The van der Waals surface area contributed by atoms with Crippen molar-refractivity contribution in [3.8, 4) is 11.5 Å². The molecule has 0 aliphatic heterocycles. The fourth-order valence-corrected chi connectivity index (χ4v) is 1.25. The molecule has 0 aliphatic carbocycles. The van der Waals surface area contributed by atoms with E-state index in [9.17, 15) is 18.3 Å². The summed E-state index contributed by atoms with van der Waals surface area (Å²) in [6.07, 6.45) is 2.02. The maximum Gasteiger partial charge on any atom is 0.261 e. The van der Waals surface area contributed by atoms with Gasteiger partial charge in [0.1, 0.15) is 0 Å². The van der Waals surface area contributed by atoms with Gasteiger partial charge < -0.3 is 14.8 Å². The Hall–Kier alpha value is -2.13. The first-order valence-corrected chi connectivity index (χ1v) is 6.74. The molecule has 0 aliphatic rings. The number of hydrogen-bond acceptors (Lipinski definition) is 6. The van der Waals surface area contributed by atoms with Crippen LogP contribution in [0.5, 0.6) is 11.5 Å². The molecule has 0 bridgehead atoms. The van der Waals surface area contributed by atoms with E-state index in [4.69, 9.17) is 9.29 Å². The van der Waals surface area contributed by atoms with Gasteiger partial charge in [-0.2, -0.15) is 8.42 Å². The van der Waals surface area contributed by atoms with Gasteiger partial charge in [0.2, 0.25) is 0 Å². The summed E-state index contributed by atoms with van der Waals surface area (Å²) in [4.78, 5) is 17.6. The molecule has 2 rings (SSSR count). The fourth-order valence-electron chi connectivity index (χ4n) is 1.25. The minimum Gasteiger partial charge on any atom is -0.504 e. The largest absolute Gasteiger partial charge is 0.504 e. The minimum atomic E-state index is -3.67. The molecule has 0 saturated carbocycles. The third kappa shape index (κ3) is 4.56. The lowest BCUT2D eigenvalue weighted by molar-refractivity contribution is 0.374. The zero-order valence-corrected chi connectivity index (χ0v) is 10.9. The lowest BCUT2D eigenvalue weighted by Crippen LogP contribution is -2.06. The van der Waals surface area contributed by atoms with E-state index < -0.39 is 10.1 Å². The molecule has 0 unspecified atom stereocenters. The van der Waals surface area contributed by atoms with Crippen molar-refractivity contribution in [2.75, 3.05) is 13.4 Å². The smallest absolute Gasteiger partial charge is 0.261 e. The van der Waals surface area contributed by atoms with E-state index in [1.165, 1.54) is 25.6 Å². The van der Waals surface area contributed by atoms with Crippen molar-refractivity contribution in [3.05, 3.63) is 28.8 Å². The number of phenolic OH excluding ortho intramolecular Hbond substituents is 1. The van der Waals surface area contributed by atoms with E-state index in [1.807, 2.05) is 0 Å². The number of aromatic amines is 1. The van der Waals surface area contributed by atoms with Gasteiger partial charge in [-0.3, -0.25) is 9.35 Å². The lowest BCUT2D eigenvalue weighted by atomic mass is 10.2. The van der Waals surface area contributed by atoms with Gasteiger partial charge in [-0.1, -0.05) is 0 Å². The molecule has 0 atom stereocenters. The molecule has 8 nitrogen and oxygen atoms in total. The Kier molecular flexibility index (Phi) is 4.46. The maximum absolute atomic E-state index is 11.3. The van der Waals surface area contributed by atoms with Crippen LogP contribution in [0.15, 0.2) is 23.3 Å². The van der Waals surface area contributed by atoms with E-state index in [-0.39, 0.29) is 11.3 Å². The molecular formula is C10H12N2O6S. The van der Waals surface area contributed by atoms with Crippen molar-refractivity contribution in [1.29, 1.82) is 0 Å². The van der Waals surface area contributed by atoms with Gasteiger partial charge in [0.15, 0.2) is 11.5 Å². The number of nitrogens with zero attached hydrogens (tertiary/aromatic N) is 1. The van der Waals surface area contributed by atoms with Crippen LogP contribution in [-0.4, -0.2) is 41.4 Å². The number of nitrogens with one attached hydrogen (secondary N) is 1. The third-order valence-corrected chi connectivity index (χ3v) is 1.94. The molecule has 1 heterocycles. The molecule has 0 spiro atoms. The van der Waals surface area contributed by atoms with Crippen molar-refractivity contribution >= 4 is 21.0 Å². The van der Waals surface area contributed by atoms with Crippen LogP contribution >= 0.6 is 0 Å². The number of benzene rings is 1. The van der Waals surface area contributed by atoms with Crippen LogP contribution in [0.4, 0.5) is 0 Å². The van der Waals surface area contributed by atoms with Gasteiger partial charge in [0.25, 0.3) is 15.7 Å². The monoisotopic (exact) mass is 288 g/mol. The van der Waals surface area contributed by atoms with Crippen molar-refractivity contribution in [3.63, 3.8) is 0 Å². The van der Waals surface area contributed by atoms with Gasteiger partial charge in [-0.25, -0.2) is 4.98 Å². The second-order valence-electron chi connectivity index (χ2n) is 3.51. The summed E-state index contributed by atoms with van der Waals surface area (Å²) in [6, 6.07) is 2.85. The maximum atomic E-state index is 11.3. The zero-order valence-electron chi connectivity index (χ0n) is 10.1. The van der Waals surface area contributed by atoms with Crippen molar-refractivity contribution in [1.82, 2.24) is 9.97 Å². The Morgan fingerprint density at radius 2 is 1.95 bits per heavy atom. The SMILES string of the molecule is COc1cc2nc[nH]c(=O)c2cc1O.CS(=O)(=O)O. The van der Waals surface area contributed by atoms with Crippen LogP contribution in [-0.2, 0) is 10.1 Å². The highest BCUT2D eigenvalue weighted by molar-refractivity contribution is 7.85. The van der Waals surface area contributed by atoms with E-state index in [0.717, 1.165) is 0 Å². The normalized spacial score (nSPS) is 10.7. The topological polar surface area (TPSA) is 130 Å². The summed E-state index contributed by atoms with van der Waals surface area (Å²) in [5.41, 5.74) is 0.205. The standard InChI is InChI=1S/C9H8N2O3.CH4O3S/c1-14-8-3-6-5(2-7(8)12)9(13)11-4-10-6;1-5(2,3)4/h2-4,12H,1H3,(H,10,11,13);1H3,(H,2,3,4). The second-order valence-corrected chi connectivity index (χ2v) is 4.97. The molecule has 1 aromatic carbocycles. The molecule has 0 radical (unpaired) electrons. The first-order chi connectivity index (χ1) is 8.72. The van der Waals surface area contributed by atoms with Crippen LogP contribution in [0.3, 0.4) is 0 Å². The molecule has 3 N–H and O–H groups in total. The van der Waals surface area contributed by atoms with Gasteiger partial charge in [0.05, 0.1) is 30.6 Å². The zero-order chi connectivity index (χ0) is 14.6. The van der Waals surface area contributed by atoms with Crippen molar-refractivity contribution in [2.45, 2.75) is 0 Å². The van der Waals surface area contributed by atoms with Crippen LogP contribution < -0.4 is 10.3 Å². The summed E-state index contributed by atoms with van der Waals surface area (Å²) in [5.74, 6) is 0.231. The Morgan fingerprint density at radius 3 is 2.47 bits per heavy atom. The van der Waals surface area contributed by atoms with Crippen LogP contribution in [0.1, 0.15) is 0 Å². The van der Waals surface area contributed by atoms with Crippen LogP contribution in [0, 0.1) is 0 Å². The van der Waals surface area contributed by atoms with Crippen molar-refractivity contribution in [2.24, 2.45) is 0 Å². The Morgan fingerprint density at radius 1 is 1.37 bits per heavy atom. The highest BCUT2D eigenvalue weighted by Crippen LogP contribution is 2.28. The minimum absolute atomic E-state index is 0.0708. The summed E-state index contributed by atoms with van der Waals surface area (Å²) >= 11 is 0. The Labute approximate surface area is 108 Å². The summed E-state index contributed by atoms with van der Waals surface area (Å²) in [7, 11) is -2.23. The summed E-state index contributed by atoms with van der Waals surface area (Å²) < 4.78 is 30.8. The first-order valence-electron chi connectivity index (χ1n) is 4.89. The quantitative estimate of drug-likeness (QED) is 0.636. The van der Waals surface area contributed by atoms with Gasteiger partial charge in [-0.15, -0.1) is 0 Å². The number of rotatable bonds is 1. The lowest BCUT2D eigenvalue weighted by Gasteiger charge is -2.03. The molecule has 2 aromatic rings. The van der Waals surface area contributed by atoms with Gasteiger partial charge in [-0.05, 0) is 6.07 Å². The summed E-state index contributed by atoms with van der Waals surface area (Å²) in [5, 5.41) is 9.77. The molecule has 104 valence electrons. The van der Waals surface area contributed by atoms with Gasteiger partial charge in [0, 0.05) is 6.07 Å². The molecule has 0 saturated heterocycles. The number of hydrogen-bond donors (Lipinski definition) is 3. The third-order valence-electron chi connectivity index (χ3n) is 1.94. The molecule has 0 amide bonds. The molecule has 1 aromatic heterocycles. The molecule has 19 heavy (non-hydrogen) atoms. The van der Waals surface area contributed by atoms with E-state index in [1.54, 1.807) is 0 Å². The number of aromatic hydroxyl groups is 1. The van der Waals surface area contributed by atoms with E-state index in [0.29, 0.717) is 22.9 Å². The average molecular weight is 288 g/mol. The number of fused-ring (bicyclic) bond motifs is 1. The molecule has 0 fully saturated rings. The second kappa shape index (κ2) is 5.67. The number of phenols is 1. The van der Waals surface area contributed by atoms with E-state index in [2.05, 4.69) is 9.97 Å². The van der Waals surface area contributed by atoms with Crippen LogP contribution in [0.25, 0.3) is 10.9 Å². The number of ether oxygens (including phenoxy) is 1. The average Bonchev–Trinajstić information content (AvgIpc) is 2.27. The molecular weight excluding hydrogens is 276 g/mol. The van der Waals surface area contributed by atoms with E-state index >= 15 is 0 Å².